The number of halogens is 3. The standard InChI is InChI=1S/C26H21F3N4O3S/c1-16(24(34)30-20-10-8-19(9-11-20)26(27,28)29)37-25-32-31-23(18-5-3-2-4-6-18)33(25)14-17-7-12-21-22(13-17)36-15-35-21/h2-13,16H,14-15H2,1H3,(H,30,34)/t16-/m0/s1. The van der Waals surface area contributed by atoms with Gasteiger partial charge in [0.05, 0.1) is 17.4 Å². The lowest BCUT2D eigenvalue weighted by atomic mass is 10.2. The van der Waals surface area contributed by atoms with E-state index in [1.165, 1.54) is 23.9 Å². The summed E-state index contributed by atoms with van der Waals surface area (Å²) in [7, 11) is 0. The van der Waals surface area contributed by atoms with Crippen molar-refractivity contribution in [3.63, 3.8) is 0 Å². The van der Waals surface area contributed by atoms with Gasteiger partial charge in [0.15, 0.2) is 22.5 Å². The minimum atomic E-state index is -4.44. The lowest BCUT2D eigenvalue weighted by molar-refractivity contribution is -0.137. The van der Waals surface area contributed by atoms with Crippen molar-refractivity contribution in [2.24, 2.45) is 0 Å². The highest BCUT2D eigenvalue weighted by atomic mass is 32.2. The fourth-order valence-corrected chi connectivity index (χ4v) is 4.59. The molecule has 0 fully saturated rings. The van der Waals surface area contributed by atoms with Crippen LogP contribution in [0.15, 0.2) is 78.0 Å². The van der Waals surface area contributed by atoms with Crippen LogP contribution in [0.1, 0.15) is 18.1 Å². The Labute approximate surface area is 214 Å². The minimum Gasteiger partial charge on any atom is -0.454 e. The van der Waals surface area contributed by atoms with Crippen LogP contribution in [0.25, 0.3) is 11.4 Å². The quantitative estimate of drug-likeness (QED) is 0.304. The molecule has 1 N–H and O–H groups in total. The first-order chi connectivity index (χ1) is 17.8. The average molecular weight is 527 g/mol. The molecule has 4 aromatic rings. The molecule has 0 unspecified atom stereocenters. The molecule has 3 aromatic carbocycles. The molecular weight excluding hydrogens is 505 g/mol. The van der Waals surface area contributed by atoms with Gasteiger partial charge in [-0.1, -0.05) is 48.2 Å². The maximum absolute atomic E-state index is 12.8. The third-order valence-corrected chi connectivity index (χ3v) is 6.74. The van der Waals surface area contributed by atoms with E-state index < -0.39 is 17.0 Å². The van der Waals surface area contributed by atoms with E-state index in [1.807, 2.05) is 53.1 Å². The van der Waals surface area contributed by atoms with E-state index >= 15 is 0 Å². The van der Waals surface area contributed by atoms with Crippen molar-refractivity contribution >= 4 is 23.4 Å². The number of rotatable bonds is 7. The van der Waals surface area contributed by atoms with E-state index in [2.05, 4.69) is 15.5 Å². The van der Waals surface area contributed by atoms with Gasteiger partial charge in [-0.25, -0.2) is 0 Å². The van der Waals surface area contributed by atoms with Crippen LogP contribution in [0.2, 0.25) is 0 Å². The molecule has 0 saturated carbocycles. The number of amides is 1. The molecule has 7 nitrogen and oxygen atoms in total. The summed E-state index contributed by atoms with van der Waals surface area (Å²) in [5, 5.41) is 11.3. The Kier molecular flexibility index (Phi) is 6.79. The van der Waals surface area contributed by atoms with Crippen LogP contribution in [0, 0.1) is 0 Å². The van der Waals surface area contributed by atoms with E-state index in [0.29, 0.717) is 29.0 Å². The summed E-state index contributed by atoms with van der Waals surface area (Å²) in [6.07, 6.45) is -4.44. The molecule has 2 heterocycles. The second-order valence-corrected chi connectivity index (χ2v) is 9.58. The highest BCUT2D eigenvalue weighted by Crippen LogP contribution is 2.34. The first-order valence-electron chi connectivity index (χ1n) is 11.3. The number of hydrogen-bond donors (Lipinski definition) is 1. The molecule has 5 rings (SSSR count). The van der Waals surface area contributed by atoms with Crippen molar-refractivity contribution in [3.8, 4) is 22.9 Å². The number of nitrogens with zero attached hydrogens (tertiary/aromatic N) is 3. The van der Waals surface area contributed by atoms with E-state index in [4.69, 9.17) is 9.47 Å². The second kappa shape index (κ2) is 10.2. The summed E-state index contributed by atoms with van der Waals surface area (Å²) in [6, 6.07) is 19.6. The topological polar surface area (TPSA) is 78.3 Å². The summed E-state index contributed by atoms with van der Waals surface area (Å²) in [4.78, 5) is 12.8. The number of nitrogens with one attached hydrogen (secondary N) is 1. The molecule has 0 saturated heterocycles. The maximum atomic E-state index is 12.8. The lowest BCUT2D eigenvalue weighted by Gasteiger charge is -2.15. The molecule has 0 radical (unpaired) electrons. The summed E-state index contributed by atoms with van der Waals surface area (Å²) in [5.41, 5.74) is 1.30. The fraction of sp³-hybridized carbons (Fsp3) is 0.192. The number of benzene rings is 3. The zero-order valence-corrected chi connectivity index (χ0v) is 20.3. The number of anilines is 1. The monoisotopic (exact) mass is 526 g/mol. The number of aromatic nitrogens is 3. The normalized spacial score (nSPS) is 13.4. The SMILES string of the molecule is C[C@H](Sc1nnc(-c2ccccc2)n1Cc1ccc2c(c1)OCO2)C(=O)Nc1ccc(C(F)(F)F)cc1. The molecule has 37 heavy (non-hydrogen) atoms. The van der Waals surface area contributed by atoms with Gasteiger partial charge in [-0.05, 0) is 48.9 Å². The van der Waals surface area contributed by atoms with Crippen LogP contribution in [-0.2, 0) is 17.5 Å². The summed E-state index contributed by atoms with van der Waals surface area (Å²) < 4.78 is 51.3. The van der Waals surface area contributed by atoms with Crippen LogP contribution in [0.3, 0.4) is 0 Å². The molecule has 1 aromatic heterocycles. The fourth-order valence-electron chi connectivity index (χ4n) is 3.74. The first kappa shape index (κ1) is 24.7. The maximum Gasteiger partial charge on any atom is 0.416 e. The van der Waals surface area contributed by atoms with Crippen molar-refractivity contribution in [1.82, 2.24) is 14.8 Å². The molecule has 0 spiro atoms. The number of hydrogen-bond acceptors (Lipinski definition) is 6. The van der Waals surface area contributed by atoms with Crippen molar-refractivity contribution in [2.45, 2.75) is 30.1 Å². The van der Waals surface area contributed by atoms with Gasteiger partial charge in [-0.3, -0.25) is 9.36 Å². The Bertz CT molecular complexity index is 1410. The van der Waals surface area contributed by atoms with Crippen LogP contribution in [0.5, 0.6) is 11.5 Å². The lowest BCUT2D eigenvalue weighted by Crippen LogP contribution is -2.23. The molecule has 1 aliphatic rings. The number of alkyl halides is 3. The van der Waals surface area contributed by atoms with Gasteiger partial charge >= 0.3 is 6.18 Å². The highest BCUT2D eigenvalue weighted by molar-refractivity contribution is 8.00. The molecule has 11 heteroatoms. The molecule has 1 atom stereocenters. The minimum absolute atomic E-state index is 0.174. The molecular formula is C26H21F3N4O3S. The third-order valence-electron chi connectivity index (χ3n) is 5.66. The Morgan fingerprint density at radius 1 is 1.03 bits per heavy atom. The van der Waals surface area contributed by atoms with Gasteiger partial charge in [0.1, 0.15) is 0 Å². The number of fused-ring (bicyclic) bond motifs is 1. The van der Waals surface area contributed by atoms with Crippen LogP contribution < -0.4 is 14.8 Å². The second-order valence-electron chi connectivity index (χ2n) is 8.27. The van der Waals surface area contributed by atoms with Gasteiger partial charge in [0, 0.05) is 11.3 Å². The Morgan fingerprint density at radius 3 is 2.49 bits per heavy atom. The largest absolute Gasteiger partial charge is 0.454 e. The van der Waals surface area contributed by atoms with Crippen molar-refractivity contribution in [3.05, 3.63) is 83.9 Å². The van der Waals surface area contributed by atoms with Gasteiger partial charge < -0.3 is 14.8 Å². The third kappa shape index (κ3) is 5.56. The van der Waals surface area contributed by atoms with Gasteiger partial charge in [-0.15, -0.1) is 10.2 Å². The van der Waals surface area contributed by atoms with Crippen LogP contribution >= 0.6 is 11.8 Å². The molecule has 190 valence electrons. The number of ether oxygens (including phenoxy) is 2. The molecule has 1 aliphatic heterocycles. The molecule has 1 amide bonds. The van der Waals surface area contributed by atoms with E-state index in [0.717, 1.165) is 23.3 Å². The Morgan fingerprint density at radius 2 is 1.76 bits per heavy atom. The Hall–Kier alpha value is -3.99. The Balaban J connectivity index is 1.36. The van der Waals surface area contributed by atoms with Gasteiger partial charge in [-0.2, -0.15) is 13.2 Å². The average Bonchev–Trinajstić information content (AvgIpc) is 3.51. The van der Waals surface area contributed by atoms with Crippen LogP contribution in [0.4, 0.5) is 18.9 Å². The van der Waals surface area contributed by atoms with E-state index in [-0.39, 0.29) is 18.4 Å². The summed E-state index contributed by atoms with van der Waals surface area (Å²) in [6.45, 7) is 2.29. The zero-order valence-electron chi connectivity index (χ0n) is 19.5. The molecule has 0 aliphatic carbocycles. The van der Waals surface area contributed by atoms with Crippen LogP contribution in [-0.4, -0.2) is 32.7 Å². The number of carbonyl (C=O) groups excluding carboxylic acids is 1. The van der Waals surface area contributed by atoms with Crippen molar-refractivity contribution in [2.75, 3.05) is 12.1 Å². The van der Waals surface area contributed by atoms with Gasteiger partial charge in [0.25, 0.3) is 0 Å². The predicted octanol–water partition coefficient (Wildman–Crippen LogP) is 5.86. The number of thioether (sulfide) groups is 1. The molecule has 0 bridgehead atoms. The summed E-state index contributed by atoms with van der Waals surface area (Å²) in [5.74, 6) is 1.60. The van der Waals surface area contributed by atoms with Crippen molar-refractivity contribution < 1.29 is 27.4 Å². The summed E-state index contributed by atoms with van der Waals surface area (Å²) >= 11 is 1.21. The van der Waals surface area contributed by atoms with Gasteiger partial charge in [0.2, 0.25) is 12.7 Å². The van der Waals surface area contributed by atoms with E-state index in [1.54, 1.807) is 6.92 Å². The highest BCUT2D eigenvalue weighted by Gasteiger charge is 2.30. The predicted molar refractivity (Wildman–Crippen MR) is 133 cm³/mol. The zero-order chi connectivity index (χ0) is 26.0. The van der Waals surface area contributed by atoms with Crippen molar-refractivity contribution in [1.29, 1.82) is 0 Å². The smallest absolute Gasteiger partial charge is 0.416 e. The first-order valence-corrected chi connectivity index (χ1v) is 12.2. The number of carbonyl (C=O) groups is 1. The van der Waals surface area contributed by atoms with E-state index in [9.17, 15) is 18.0 Å².